The van der Waals surface area contributed by atoms with Gasteiger partial charge in [0, 0.05) is 6.54 Å². The zero-order valence-corrected chi connectivity index (χ0v) is 12.8. The molecule has 5 nitrogen and oxygen atoms in total. The second-order valence-electron chi connectivity index (χ2n) is 4.95. The van der Waals surface area contributed by atoms with E-state index in [2.05, 4.69) is 10.6 Å². The van der Waals surface area contributed by atoms with Crippen LogP contribution in [0.2, 0.25) is 0 Å². The lowest BCUT2D eigenvalue weighted by molar-refractivity contribution is -0.126. The lowest BCUT2D eigenvalue weighted by atomic mass is 10.2. The Hall–Kier alpha value is -2.82. The van der Waals surface area contributed by atoms with Gasteiger partial charge in [-0.25, -0.2) is 0 Å². The average Bonchev–Trinajstić information content (AvgIpc) is 2.60. The Morgan fingerprint density at radius 2 is 1.48 bits per heavy atom. The number of nitrogens with one attached hydrogen (secondary N) is 2. The molecular formula is C18H20N2O3. The summed E-state index contributed by atoms with van der Waals surface area (Å²) in [5.74, 6) is 0.294. The molecule has 120 valence electrons. The van der Waals surface area contributed by atoms with Crippen LogP contribution in [-0.2, 0) is 16.1 Å². The van der Waals surface area contributed by atoms with Gasteiger partial charge in [-0.05, 0) is 17.7 Å². The second kappa shape index (κ2) is 9.25. The number of hydrogen-bond donors (Lipinski definition) is 2. The van der Waals surface area contributed by atoms with Gasteiger partial charge in [-0.3, -0.25) is 9.59 Å². The average molecular weight is 312 g/mol. The molecule has 0 atom stereocenters. The van der Waals surface area contributed by atoms with Crippen LogP contribution in [0.5, 0.6) is 5.75 Å². The fourth-order valence-corrected chi connectivity index (χ4v) is 1.90. The van der Waals surface area contributed by atoms with Crippen molar-refractivity contribution in [1.82, 2.24) is 10.6 Å². The van der Waals surface area contributed by atoms with Gasteiger partial charge in [-0.15, -0.1) is 0 Å². The molecule has 0 radical (unpaired) electrons. The summed E-state index contributed by atoms with van der Waals surface area (Å²) >= 11 is 0. The van der Waals surface area contributed by atoms with E-state index in [0.29, 0.717) is 6.54 Å². The van der Waals surface area contributed by atoms with Crippen LogP contribution in [0.25, 0.3) is 0 Å². The molecule has 2 rings (SSSR count). The van der Waals surface area contributed by atoms with Crippen molar-refractivity contribution in [2.24, 2.45) is 0 Å². The fourth-order valence-electron chi connectivity index (χ4n) is 1.90. The molecule has 0 unspecified atom stereocenters. The molecule has 2 N–H and O–H groups in total. The van der Waals surface area contributed by atoms with Crippen molar-refractivity contribution in [1.29, 1.82) is 0 Å². The molecule has 23 heavy (non-hydrogen) atoms. The van der Waals surface area contributed by atoms with E-state index in [-0.39, 0.29) is 31.4 Å². The van der Waals surface area contributed by atoms with Gasteiger partial charge in [0.1, 0.15) is 5.75 Å². The molecule has 0 fully saturated rings. The topological polar surface area (TPSA) is 67.4 Å². The Balaban J connectivity index is 1.57. The highest BCUT2D eigenvalue weighted by Crippen LogP contribution is 2.08. The van der Waals surface area contributed by atoms with E-state index in [9.17, 15) is 9.59 Å². The number of rotatable bonds is 8. The lowest BCUT2D eigenvalue weighted by Crippen LogP contribution is -2.37. The van der Waals surface area contributed by atoms with Gasteiger partial charge in [-0.2, -0.15) is 0 Å². The van der Waals surface area contributed by atoms with E-state index < -0.39 is 0 Å². The summed E-state index contributed by atoms with van der Waals surface area (Å²) in [6.45, 7) is 0.700. The van der Waals surface area contributed by atoms with Gasteiger partial charge in [-0.1, -0.05) is 48.5 Å². The monoisotopic (exact) mass is 312 g/mol. The van der Waals surface area contributed by atoms with E-state index in [4.69, 9.17) is 4.74 Å². The van der Waals surface area contributed by atoms with Crippen LogP contribution in [0.15, 0.2) is 60.7 Å². The van der Waals surface area contributed by atoms with Crippen LogP contribution in [0, 0.1) is 0 Å². The third kappa shape index (κ3) is 6.65. The molecule has 0 aliphatic heterocycles. The predicted molar refractivity (Wildman–Crippen MR) is 87.9 cm³/mol. The zero-order valence-electron chi connectivity index (χ0n) is 12.8. The first-order chi connectivity index (χ1) is 11.2. The largest absolute Gasteiger partial charge is 0.493 e. The maximum atomic E-state index is 11.7. The molecule has 0 aromatic heterocycles. The Morgan fingerprint density at radius 3 is 2.17 bits per heavy atom. The second-order valence-corrected chi connectivity index (χ2v) is 4.95. The molecule has 2 amide bonds. The van der Waals surface area contributed by atoms with Crippen LogP contribution >= 0.6 is 0 Å². The smallest absolute Gasteiger partial charge is 0.239 e. The summed E-state index contributed by atoms with van der Waals surface area (Å²) in [7, 11) is 0. The molecule has 0 saturated heterocycles. The molecular weight excluding hydrogens is 292 g/mol. The summed E-state index contributed by atoms with van der Waals surface area (Å²) in [6.07, 6.45) is 0.209. The van der Waals surface area contributed by atoms with E-state index >= 15 is 0 Å². The highest BCUT2D eigenvalue weighted by molar-refractivity contribution is 5.84. The van der Waals surface area contributed by atoms with Crippen molar-refractivity contribution in [3.8, 4) is 5.75 Å². The lowest BCUT2D eigenvalue weighted by Gasteiger charge is -2.08. The first kappa shape index (κ1) is 16.5. The Kier molecular flexibility index (Phi) is 6.65. The summed E-state index contributed by atoms with van der Waals surface area (Å²) < 4.78 is 5.43. The molecule has 0 aliphatic carbocycles. The van der Waals surface area contributed by atoms with Crippen molar-refractivity contribution in [3.05, 3.63) is 66.2 Å². The van der Waals surface area contributed by atoms with Crippen molar-refractivity contribution in [2.75, 3.05) is 13.2 Å². The van der Waals surface area contributed by atoms with Gasteiger partial charge in [0.05, 0.1) is 19.6 Å². The number of hydrogen-bond acceptors (Lipinski definition) is 3. The van der Waals surface area contributed by atoms with Crippen LogP contribution in [0.4, 0.5) is 0 Å². The molecule has 5 heteroatoms. The Labute approximate surface area is 135 Å². The van der Waals surface area contributed by atoms with E-state index in [0.717, 1.165) is 11.3 Å². The van der Waals surface area contributed by atoms with Crippen molar-refractivity contribution in [3.63, 3.8) is 0 Å². The molecule has 0 spiro atoms. The summed E-state index contributed by atoms with van der Waals surface area (Å²) in [4.78, 5) is 23.3. The van der Waals surface area contributed by atoms with Crippen LogP contribution < -0.4 is 15.4 Å². The number of ether oxygens (including phenoxy) is 1. The van der Waals surface area contributed by atoms with E-state index in [1.54, 1.807) is 0 Å². The molecule has 2 aromatic rings. The van der Waals surface area contributed by atoms with Crippen molar-refractivity contribution < 1.29 is 14.3 Å². The van der Waals surface area contributed by atoms with Gasteiger partial charge in [0.15, 0.2) is 0 Å². The highest BCUT2D eigenvalue weighted by Gasteiger charge is 2.05. The third-order valence-electron chi connectivity index (χ3n) is 3.12. The van der Waals surface area contributed by atoms with Crippen LogP contribution in [0.3, 0.4) is 0 Å². The maximum absolute atomic E-state index is 11.7. The number of amides is 2. The first-order valence-electron chi connectivity index (χ1n) is 7.49. The fraction of sp³-hybridized carbons (Fsp3) is 0.222. The number of para-hydroxylation sites is 1. The molecule has 2 aromatic carbocycles. The van der Waals surface area contributed by atoms with Gasteiger partial charge in [0.2, 0.25) is 11.8 Å². The SMILES string of the molecule is O=C(CCOc1ccccc1)NCC(=O)NCc1ccccc1. The maximum Gasteiger partial charge on any atom is 0.239 e. The summed E-state index contributed by atoms with van der Waals surface area (Å²) in [5, 5.41) is 5.33. The normalized spacial score (nSPS) is 9.91. The van der Waals surface area contributed by atoms with Gasteiger partial charge in [0.25, 0.3) is 0 Å². The highest BCUT2D eigenvalue weighted by atomic mass is 16.5. The number of carbonyl (C=O) groups is 2. The minimum atomic E-state index is -0.216. The Bertz CT molecular complexity index is 615. The molecule has 0 saturated carbocycles. The van der Waals surface area contributed by atoms with Crippen LogP contribution in [-0.4, -0.2) is 25.0 Å². The van der Waals surface area contributed by atoms with Gasteiger partial charge >= 0.3 is 0 Å². The molecule has 0 heterocycles. The van der Waals surface area contributed by atoms with Crippen molar-refractivity contribution in [2.45, 2.75) is 13.0 Å². The standard InChI is InChI=1S/C18H20N2O3/c21-17(11-12-23-16-9-5-2-6-10-16)20-14-18(22)19-13-15-7-3-1-4-8-15/h1-10H,11-14H2,(H,19,22)(H,20,21). The van der Waals surface area contributed by atoms with E-state index in [1.807, 2.05) is 60.7 Å². The third-order valence-corrected chi connectivity index (χ3v) is 3.12. The Morgan fingerprint density at radius 1 is 0.826 bits per heavy atom. The summed E-state index contributed by atoms with van der Waals surface area (Å²) in [5.41, 5.74) is 1.02. The minimum absolute atomic E-state index is 0.0308. The van der Waals surface area contributed by atoms with Gasteiger partial charge < -0.3 is 15.4 Å². The summed E-state index contributed by atoms with van der Waals surface area (Å²) in [6, 6.07) is 18.9. The quantitative estimate of drug-likeness (QED) is 0.782. The molecule has 0 bridgehead atoms. The first-order valence-corrected chi connectivity index (χ1v) is 7.49. The van der Waals surface area contributed by atoms with E-state index in [1.165, 1.54) is 0 Å². The van der Waals surface area contributed by atoms with Crippen molar-refractivity contribution >= 4 is 11.8 Å². The number of benzene rings is 2. The predicted octanol–water partition coefficient (Wildman–Crippen LogP) is 1.89. The zero-order chi connectivity index (χ0) is 16.3. The van der Waals surface area contributed by atoms with Crippen LogP contribution in [0.1, 0.15) is 12.0 Å². The minimum Gasteiger partial charge on any atom is -0.493 e. The molecule has 0 aliphatic rings. The number of carbonyl (C=O) groups excluding carboxylic acids is 2.